The molecule has 2 heterocycles. The van der Waals surface area contributed by atoms with E-state index in [9.17, 15) is 18.0 Å². The molecular formula is C11H13N3O5S. The van der Waals surface area contributed by atoms with E-state index in [-0.39, 0.29) is 25.5 Å². The predicted molar refractivity (Wildman–Crippen MR) is 69.4 cm³/mol. The SMILES string of the molecule is CS(=O)(=O)OCc1ccncc1N1CCC(=O)NC1=O. The normalized spacial score (nSPS) is 16.1. The fourth-order valence-electron chi connectivity index (χ4n) is 1.74. The van der Waals surface area contributed by atoms with Crippen molar-refractivity contribution < 1.29 is 22.2 Å². The van der Waals surface area contributed by atoms with E-state index in [1.165, 1.54) is 17.3 Å². The topological polar surface area (TPSA) is 106 Å². The van der Waals surface area contributed by atoms with Crippen molar-refractivity contribution in [3.63, 3.8) is 0 Å². The van der Waals surface area contributed by atoms with E-state index in [0.29, 0.717) is 11.3 Å². The Morgan fingerprint density at radius 1 is 1.45 bits per heavy atom. The zero-order valence-electron chi connectivity index (χ0n) is 10.7. The number of pyridine rings is 1. The Morgan fingerprint density at radius 2 is 2.20 bits per heavy atom. The largest absolute Gasteiger partial charge is 0.328 e. The van der Waals surface area contributed by atoms with Gasteiger partial charge >= 0.3 is 6.03 Å². The molecule has 1 aromatic heterocycles. The maximum atomic E-state index is 11.8. The molecule has 20 heavy (non-hydrogen) atoms. The molecular weight excluding hydrogens is 286 g/mol. The van der Waals surface area contributed by atoms with Gasteiger partial charge in [-0.2, -0.15) is 8.42 Å². The summed E-state index contributed by atoms with van der Waals surface area (Å²) in [6.07, 6.45) is 4.01. The molecule has 1 saturated heterocycles. The van der Waals surface area contributed by atoms with Crippen molar-refractivity contribution in [3.05, 3.63) is 24.0 Å². The summed E-state index contributed by atoms with van der Waals surface area (Å²) in [5, 5.41) is 2.19. The molecule has 0 aromatic carbocycles. The fourth-order valence-corrected chi connectivity index (χ4v) is 2.09. The molecule has 0 atom stereocenters. The van der Waals surface area contributed by atoms with Gasteiger partial charge in [0.25, 0.3) is 10.1 Å². The number of nitrogens with one attached hydrogen (secondary N) is 1. The quantitative estimate of drug-likeness (QED) is 0.785. The van der Waals surface area contributed by atoms with Gasteiger partial charge in [0, 0.05) is 24.7 Å². The highest BCUT2D eigenvalue weighted by Gasteiger charge is 2.26. The average Bonchev–Trinajstić information content (AvgIpc) is 2.36. The van der Waals surface area contributed by atoms with Gasteiger partial charge in [0.1, 0.15) is 0 Å². The average molecular weight is 299 g/mol. The summed E-state index contributed by atoms with van der Waals surface area (Å²) in [7, 11) is -3.59. The molecule has 0 saturated carbocycles. The summed E-state index contributed by atoms with van der Waals surface area (Å²) in [5.74, 6) is -0.343. The van der Waals surface area contributed by atoms with Crippen LogP contribution in [0.1, 0.15) is 12.0 Å². The Bertz CT molecular complexity index is 643. The lowest BCUT2D eigenvalue weighted by atomic mass is 10.2. The van der Waals surface area contributed by atoms with Crippen LogP contribution in [-0.4, -0.2) is 38.1 Å². The number of imide groups is 1. The maximum Gasteiger partial charge on any atom is 0.328 e. The van der Waals surface area contributed by atoms with Crippen LogP contribution >= 0.6 is 0 Å². The van der Waals surface area contributed by atoms with Crippen molar-refractivity contribution in [1.29, 1.82) is 0 Å². The molecule has 0 bridgehead atoms. The Labute approximate surface area is 115 Å². The van der Waals surface area contributed by atoms with E-state index in [4.69, 9.17) is 4.18 Å². The minimum atomic E-state index is -3.59. The first kappa shape index (κ1) is 14.4. The van der Waals surface area contributed by atoms with Crippen LogP contribution in [0.5, 0.6) is 0 Å². The second-order valence-electron chi connectivity index (χ2n) is 4.23. The van der Waals surface area contributed by atoms with Crippen molar-refractivity contribution in [2.45, 2.75) is 13.0 Å². The van der Waals surface area contributed by atoms with Gasteiger partial charge in [-0.15, -0.1) is 0 Å². The fraction of sp³-hybridized carbons (Fsp3) is 0.364. The second-order valence-corrected chi connectivity index (χ2v) is 5.87. The number of carbonyl (C=O) groups is 2. The van der Waals surface area contributed by atoms with E-state index in [2.05, 4.69) is 10.3 Å². The zero-order valence-corrected chi connectivity index (χ0v) is 11.5. The third-order valence-corrected chi connectivity index (χ3v) is 3.21. The van der Waals surface area contributed by atoms with Gasteiger partial charge in [-0.1, -0.05) is 0 Å². The molecule has 9 heteroatoms. The van der Waals surface area contributed by atoms with Crippen LogP contribution in [0.2, 0.25) is 0 Å². The van der Waals surface area contributed by atoms with Gasteiger partial charge in [-0.05, 0) is 6.07 Å². The number of aromatic nitrogens is 1. The molecule has 2 rings (SSSR count). The molecule has 1 aromatic rings. The van der Waals surface area contributed by atoms with Gasteiger partial charge in [0.15, 0.2) is 0 Å². The van der Waals surface area contributed by atoms with Crippen molar-refractivity contribution in [1.82, 2.24) is 10.3 Å². The highest BCUT2D eigenvalue weighted by Crippen LogP contribution is 2.22. The highest BCUT2D eigenvalue weighted by molar-refractivity contribution is 7.85. The molecule has 8 nitrogen and oxygen atoms in total. The first-order valence-electron chi connectivity index (χ1n) is 5.75. The van der Waals surface area contributed by atoms with E-state index < -0.39 is 16.1 Å². The van der Waals surface area contributed by atoms with E-state index in [0.717, 1.165) is 6.26 Å². The van der Waals surface area contributed by atoms with Gasteiger partial charge < -0.3 is 0 Å². The number of urea groups is 1. The van der Waals surface area contributed by atoms with Crippen LogP contribution in [0.4, 0.5) is 10.5 Å². The van der Waals surface area contributed by atoms with Gasteiger partial charge in [0.05, 0.1) is 24.7 Å². The molecule has 1 fully saturated rings. The number of hydrogen-bond acceptors (Lipinski definition) is 6. The Morgan fingerprint density at radius 3 is 2.85 bits per heavy atom. The van der Waals surface area contributed by atoms with E-state index in [1.54, 1.807) is 6.07 Å². The van der Waals surface area contributed by atoms with Crippen LogP contribution < -0.4 is 10.2 Å². The van der Waals surface area contributed by atoms with Crippen LogP contribution in [0.25, 0.3) is 0 Å². The number of rotatable bonds is 4. The molecule has 1 aliphatic heterocycles. The molecule has 108 valence electrons. The molecule has 0 spiro atoms. The Hall–Kier alpha value is -2.00. The van der Waals surface area contributed by atoms with Crippen molar-refractivity contribution in [3.8, 4) is 0 Å². The monoisotopic (exact) mass is 299 g/mol. The molecule has 1 aliphatic rings. The number of nitrogens with zero attached hydrogens (tertiary/aromatic N) is 2. The van der Waals surface area contributed by atoms with Crippen LogP contribution in [-0.2, 0) is 25.7 Å². The van der Waals surface area contributed by atoms with Gasteiger partial charge in [0.2, 0.25) is 5.91 Å². The summed E-state index contributed by atoms with van der Waals surface area (Å²) >= 11 is 0. The van der Waals surface area contributed by atoms with Crippen molar-refractivity contribution >= 4 is 27.7 Å². The molecule has 3 amide bonds. The molecule has 1 N–H and O–H groups in total. The summed E-state index contributed by atoms with van der Waals surface area (Å²) in [6, 6.07) is 0.999. The lowest BCUT2D eigenvalue weighted by Gasteiger charge is -2.27. The Kier molecular flexibility index (Phi) is 4.00. The minimum absolute atomic E-state index is 0.174. The van der Waals surface area contributed by atoms with Crippen molar-refractivity contribution in [2.24, 2.45) is 0 Å². The lowest BCUT2D eigenvalue weighted by Crippen LogP contribution is -2.50. The molecule has 0 radical (unpaired) electrons. The summed E-state index contributed by atoms with van der Waals surface area (Å²) in [6.45, 7) is 0.0106. The molecule has 0 unspecified atom stereocenters. The first-order valence-corrected chi connectivity index (χ1v) is 7.57. The smallest absolute Gasteiger partial charge is 0.292 e. The maximum absolute atomic E-state index is 11.8. The highest BCUT2D eigenvalue weighted by atomic mass is 32.2. The van der Waals surface area contributed by atoms with Gasteiger partial charge in [-0.25, -0.2) is 4.79 Å². The number of carbonyl (C=O) groups excluding carboxylic acids is 2. The number of anilines is 1. The van der Waals surface area contributed by atoms with Crippen LogP contribution in [0.3, 0.4) is 0 Å². The van der Waals surface area contributed by atoms with Gasteiger partial charge in [-0.3, -0.25) is 24.2 Å². The van der Waals surface area contributed by atoms with Crippen molar-refractivity contribution in [2.75, 3.05) is 17.7 Å². The second kappa shape index (κ2) is 5.55. The minimum Gasteiger partial charge on any atom is -0.292 e. The van der Waals surface area contributed by atoms with Crippen LogP contribution in [0.15, 0.2) is 18.5 Å². The summed E-state index contributed by atoms with van der Waals surface area (Å²) in [5.41, 5.74) is 0.913. The molecule has 0 aliphatic carbocycles. The van der Waals surface area contributed by atoms with E-state index in [1.807, 2.05) is 0 Å². The van der Waals surface area contributed by atoms with E-state index >= 15 is 0 Å². The third kappa shape index (κ3) is 3.52. The Balaban J connectivity index is 2.23. The lowest BCUT2D eigenvalue weighted by molar-refractivity contribution is -0.120. The number of hydrogen-bond donors (Lipinski definition) is 1. The predicted octanol–water partition coefficient (Wildman–Crippen LogP) is 0.00410. The summed E-state index contributed by atoms with van der Waals surface area (Å²) < 4.78 is 26.8. The summed E-state index contributed by atoms with van der Waals surface area (Å²) in [4.78, 5) is 28.1. The third-order valence-electron chi connectivity index (χ3n) is 2.66. The first-order chi connectivity index (χ1) is 9.37. The number of amides is 3. The van der Waals surface area contributed by atoms with Crippen LogP contribution in [0, 0.1) is 0 Å². The standard InChI is InChI=1S/C11H13N3O5S/c1-20(17,18)19-7-8-2-4-12-6-9(8)14-5-3-10(15)13-11(14)16/h2,4,6H,3,5,7H2,1H3,(H,13,15,16). The zero-order chi connectivity index (χ0) is 14.8.